The number of methoxy groups -OCH3 is 1. The fraction of sp³-hybridized carbons (Fsp3) is 0.118. The van der Waals surface area contributed by atoms with Gasteiger partial charge in [-0.05, 0) is 42.5 Å². The molecular formula is C17H16N4O4S. The standard InChI is InChI=1S/C17H16N4O4S/c1-21-11-18-19-16(21)12-6-8-14(9-7-12)20-26(23,24)15-5-3-4-13(10-15)17(22)25-2/h3-11,20H,1-2H3. The molecule has 1 N–H and O–H groups in total. The van der Waals surface area contributed by atoms with Crippen LogP contribution in [-0.4, -0.2) is 36.3 Å². The molecule has 0 aliphatic carbocycles. The molecule has 0 spiro atoms. The van der Waals surface area contributed by atoms with Crippen molar-refractivity contribution in [3.05, 3.63) is 60.4 Å². The number of nitrogens with zero attached hydrogens (tertiary/aromatic N) is 3. The summed E-state index contributed by atoms with van der Waals surface area (Å²) in [5.74, 6) is 0.0697. The van der Waals surface area contributed by atoms with Crippen LogP contribution in [0.1, 0.15) is 10.4 Å². The van der Waals surface area contributed by atoms with Crippen LogP contribution in [0.15, 0.2) is 59.8 Å². The molecule has 0 unspecified atom stereocenters. The summed E-state index contributed by atoms with van der Waals surface area (Å²) in [7, 11) is -0.787. The van der Waals surface area contributed by atoms with Gasteiger partial charge in [-0.3, -0.25) is 4.72 Å². The van der Waals surface area contributed by atoms with E-state index in [1.54, 1.807) is 35.2 Å². The Hall–Kier alpha value is -3.20. The van der Waals surface area contributed by atoms with Crippen LogP contribution in [0, 0.1) is 0 Å². The minimum atomic E-state index is -3.84. The van der Waals surface area contributed by atoms with Gasteiger partial charge in [-0.2, -0.15) is 0 Å². The Morgan fingerprint density at radius 3 is 2.50 bits per heavy atom. The van der Waals surface area contributed by atoms with E-state index in [-0.39, 0.29) is 10.5 Å². The topological polar surface area (TPSA) is 103 Å². The summed E-state index contributed by atoms with van der Waals surface area (Å²) in [6, 6.07) is 12.4. The number of hydrogen-bond acceptors (Lipinski definition) is 6. The van der Waals surface area contributed by atoms with Gasteiger partial charge in [0.1, 0.15) is 6.33 Å². The van der Waals surface area contributed by atoms with E-state index in [4.69, 9.17) is 0 Å². The molecule has 0 fully saturated rings. The number of sulfonamides is 1. The second-order valence-electron chi connectivity index (χ2n) is 5.47. The maximum absolute atomic E-state index is 12.5. The molecule has 0 aliphatic heterocycles. The van der Waals surface area contributed by atoms with Crippen molar-refractivity contribution in [3.8, 4) is 11.4 Å². The summed E-state index contributed by atoms with van der Waals surface area (Å²) in [6.45, 7) is 0. The quantitative estimate of drug-likeness (QED) is 0.688. The van der Waals surface area contributed by atoms with E-state index in [2.05, 4.69) is 19.7 Å². The van der Waals surface area contributed by atoms with E-state index in [0.29, 0.717) is 11.5 Å². The van der Waals surface area contributed by atoms with Crippen molar-refractivity contribution in [2.24, 2.45) is 7.05 Å². The van der Waals surface area contributed by atoms with Crippen molar-refractivity contribution in [3.63, 3.8) is 0 Å². The normalized spacial score (nSPS) is 11.2. The Morgan fingerprint density at radius 2 is 1.88 bits per heavy atom. The zero-order valence-electron chi connectivity index (χ0n) is 14.1. The number of benzene rings is 2. The van der Waals surface area contributed by atoms with Crippen LogP contribution in [0.25, 0.3) is 11.4 Å². The Labute approximate surface area is 150 Å². The predicted octanol–water partition coefficient (Wildman–Crippen LogP) is 2.07. The van der Waals surface area contributed by atoms with Crippen molar-refractivity contribution in [1.29, 1.82) is 0 Å². The molecule has 0 amide bonds. The van der Waals surface area contributed by atoms with E-state index < -0.39 is 16.0 Å². The second-order valence-corrected chi connectivity index (χ2v) is 7.15. The number of hydrogen-bond donors (Lipinski definition) is 1. The highest BCUT2D eigenvalue weighted by Crippen LogP contribution is 2.21. The lowest BCUT2D eigenvalue weighted by molar-refractivity contribution is 0.0600. The maximum atomic E-state index is 12.5. The van der Waals surface area contributed by atoms with Gasteiger partial charge in [0.15, 0.2) is 5.82 Å². The van der Waals surface area contributed by atoms with E-state index in [1.807, 2.05) is 7.05 Å². The number of nitrogens with one attached hydrogen (secondary N) is 1. The van der Waals surface area contributed by atoms with Crippen molar-refractivity contribution >= 4 is 21.7 Å². The smallest absolute Gasteiger partial charge is 0.337 e. The highest BCUT2D eigenvalue weighted by Gasteiger charge is 2.17. The van der Waals surface area contributed by atoms with Gasteiger partial charge in [-0.25, -0.2) is 13.2 Å². The third-order valence-electron chi connectivity index (χ3n) is 3.67. The minimum absolute atomic E-state index is 0.0298. The van der Waals surface area contributed by atoms with Crippen molar-refractivity contribution in [1.82, 2.24) is 14.8 Å². The van der Waals surface area contributed by atoms with Gasteiger partial charge in [-0.15, -0.1) is 10.2 Å². The molecule has 0 aliphatic rings. The number of aryl methyl sites for hydroxylation is 1. The van der Waals surface area contributed by atoms with E-state index in [1.165, 1.54) is 31.4 Å². The molecule has 26 heavy (non-hydrogen) atoms. The van der Waals surface area contributed by atoms with Gasteiger partial charge in [-0.1, -0.05) is 6.07 Å². The third kappa shape index (κ3) is 3.57. The summed E-state index contributed by atoms with van der Waals surface area (Å²) >= 11 is 0. The number of carbonyl (C=O) groups is 1. The van der Waals surface area contributed by atoms with Gasteiger partial charge in [0.25, 0.3) is 10.0 Å². The van der Waals surface area contributed by atoms with Gasteiger partial charge in [0, 0.05) is 18.3 Å². The number of aromatic nitrogens is 3. The van der Waals surface area contributed by atoms with Crippen molar-refractivity contribution in [2.45, 2.75) is 4.90 Å². The average molecular weight is 372 g/mol. The largest absolute Gasteiger partial charge is 0.465 e. The van der Waals surface area contributed by atoms with Crippen molar-refractivity contribution < 1.29 is 17.9 Å². The Kier molecular flexibility index (Phi) is 4.72. The van der Waals surface area contributed by atoms with Crippen LogP contribution < -0.4 is 4.72 Å². The first-order valence-corrected chi connectivity index (χ1v) is 9.04. The Balaban J connectivity index is 1.84. The van der Waals surface area contributed by atoms with Crippen LogP contribution in [0.5, 0.6) is 0 Å². The molecule has 1 aromatic heterocycles. The maximum Gasteiger partial charge on any atom is 0.337 e. The summed E-state index contributed by atoms with van der Waals surface area (Å²) in [5.41, 5.74) is 1.35. The zero-order chi connectivity index (χ0) is 18.7. The number of rotatable bonds is 5. The van der Waals surface area contributed by atoms with Gasteiger partial charge < -0.3 is 9.30 Å². The molecule has 1 heterocycles. The molecule has 0 radical (unpaired) electrons. The highest BCUT2D eigenvalue weighted by atomic mass is 32.2. The molecule has 8 nitrogen and oxygen atoms in total. The molecule has 0 bridgehead atoms. The molecule has 3 rings (SSSR count). The van der Waals surface area contributed by atoms with Crippen LogP contribution in [0.2, 0.25) is 0 Å². The first-order chi connectivity index (χ1) is 12.4. The lowest BCUT2D eigenvalue weighted by Crippen LogP contribution is -2.14. The summed E-state index contributed by atoms with van der Waals surface area (Å²) in [6.07, 6.45) is 1.58. The second kappa shape index (κ2) is 6.96. The molecular weight excluding hydrogens is 356 g/mol. The Morgan fingerprint density at radius 1 is 1.15 bits per heavy atom. The predicted molar refractivity (Wildman–Crippen MR) is 95.0 cm³/mol. The molecule has 0 atom stereocenters. The SMILES string of the molecule is COC(=O)c1cccc(S(=O)(=O)Nc2ccc(-c3nncn3C)cc2)c1. The van der Waals surface area contributed by atoms with Crippen LogP contribution in [0.3, 0.4) is 0 Å². The third-order valence-corrected chi connectivity index (χ3v) is 5.05. The highest BCUT2D eigenvalue weighted by molar-refractivity contribution is 7.92. The van der Waals surface area contributed by atoms with E-state index >= 15 is 0 Å². The zero-order valence-corrected chi connectivity index (χ0v) is 14.9. The van der Waals surface area contributed by atoms with Gasteiger partial charge >= 0.3 is 5.97 Å². The fourth-order valence-corrected chi connectivity index (χ4v) is 3.46. The van der Waals surface area contributed by atoms with Gasteiger partial charge in [0.05, 0.1) is 17.6 Å². The summed E-state index contributed by atoms with van der Waals surface area (Å²) in [5, 5.41) is 7.82. The fourth-order valence-electron chi connectivity index (χ4n) is 2.35. The summed E-state index contributed by atoms with van der Waals surface area (Å²) < 4.78 is 33.9. The molecule has 0 saturated carbocycles. The summed E-state index contributed by atoms with van der Waals surface area (Å²) in [4.78, 5) is 11.5. The first kappa shape index (κ1) is 17.6. The van der Waals surface area contributed by atoms with Crippen molar-refractivity contribution in [2.75, 3.05) is 11.8 Å². The number of carbonyl (C=O) groups excluding carboxylic acids is 1. The molecule has 0 saturated heterocycles. The lowest BCUT2D eigenvalue weighted by atomic mass is 10.2. The van der Waals surface area contributed by atoms with Gasteiger partial charge in [0.2, 0.25) is 0 Å². The van der Waals surface area contributed by atoms with Crippen LogP contribution in [-0.2, 0) is 21.8 Å². The number of anilines is 1. The molecule has 134 valence electrons. The monoisotopic (exact) mass is 372 g/mol. The average Bonchev–Trinajstić information content (AvgIpc) is 3.07. The van der Waals surface area contributed by atoms with E-state index in [9.17, 15) is 13.2 Å². The van der Waals surface area contributed by atoms with Crippen LogP contribution >= 0.6 is 0 Å². The lowest BCUT2D eigenvalue weighted by Gasteiger charge is -2.10. The first-order valence-electron chi connectivity index (χ1n) is 7.56. The molecule has 3 aromatic rings. The Bertz CT molecular complexity index is 1040. The van der Waals surface area contributed by atoms with Crippen LogP contribution in [0.4, 0.5) is 5.69 Å². The number of esters is 1. The van der Waals surface area contributed by atoms with E-state index in [0.717, 1.165) is 5.56 Å². The minimum Gasteiger partial charge on any atom is -0.465 e. The molecule has 2 aromatic carbocycles. The molecule has 9 heteroatoms. The number of ether oxygens (including phenoxy) is 1.